The molecule has 0 saturated carbocycles. The van der Waals surface area contributed by atoms with E-state index in [1.165, 1.54) is 30.0 Å². The van der Waals surface area contributed by atoms with E-state index in [2.05, 4.69) is 133 Å². The van der Waals surface area contributed by atoms with Crippen LogP contribution < -0.4 is 5.11 Å². The van der Waals surface area contributed by atoms with E-state index >= 15 is 0 Å². The molecule has 4 aromatic carbocycles. The van der Waals surface area contributed by atoms with Gasteiger partial charge in [-0.3, -0.25) is 0 Å². The third-order valence-corrected chi connectivity index (χ3v) is 20.6. The summed E-state index contributed by atoms with van der Waals surface area (Å²) in [6.45, 7) is 18.1. The van der Waals surface area contributed by atoms with Gasteiger partial charge in [-0.25, -0.2) is 0 Å². The number of benzene rings is 4. The Hall–Kier alpha value is -2.85. The maximum atomic E-state index is 10.7. The maximum absolute atomic E-state index is 10.7. The van der Waals surface area contributed by atoms with Crippen molar-refractivity contribution in [2.45, 2.75) is 90.4 Å². The molecule has 0 amide bonds. The van der Waals surface area contributed by atoms with Gasteiger partial charge in [0.1, 0.15) is 0 Å². The van der Waals surface area contributed by atoms with Crippen LogP contribution in [-0.2, 0) is 26.5 Å². The van der Waals surface area contributed by atoms with Gasteiger partial charge in [0.2, 0.25) is 0 Å². The molecule has 0 atom stereocenters. The van der Waals surface area contributed by atoms with E-state index in [1.807, 2.05) is 18.2 Å². The summed E-state index contributed by atoms with van der Waals surface area (Å²) in [5, 5.41) is 10.7. The van der Waals surface area contributed by atoms with E-state index in [4.69, 9.17) is 0 Å². The minimum atomic E-state index is -1.84. The number of carboxylic acids is 1. The molecule has 4 aromatic rings. The molecule has 0 aliphatic rings. The van der Waals surface area contributed by atoms with Gasteiger partial charge in [-0.05, 0) is 5.56 Å². The molecule has 0 aliphatic carbocycles. The van der Waals surface area contributed by atoms with Gasteiger partial charge in [-0.2, -0.15) is 0 Å². The first-order valence-corrected chi connectivity index (χ1v) is 21.5. The summed E-state index contributed by atoms with van der Waals surface area (Å²) in [7, 11) is 0. The molecule has 0 bridgehead atoms. The molecule has 0 aromatic heterocycles. The number of hydrogen-bond donors (Lipinski definition) is 0. The van der Waals surface area contributed by atoms with Crippen molar-refractivity contribution in [1.82, 2.24) is 0 Å². The second kappa shape index (κ2) is 14.8. The number of carbonyl (C=O) groups excluding carboxylic acids is 1. The van der Waals surface area contributed by atoms with Crippen molar-refractivity contribution in [3.8, 4) is 0 Å². The first kappa shape index (κ1) is 34.6. The number of rotatable bonds is 11. The topological polar surface area (TPSA) is 40.1 Å². The molecule has 4 rings (SSSR count). The Morgan fingerprint density at radius 3 is 0.930 bits per heavy atom. The van der Waals surface area contributed by atoms with E-state index < -0.39 is 31.1 Å². The van der Waals surface area contributed by atoms with Crippen molar-refractivity contribution >= 4 is 25.7 Å². The minimum absolute atomic E-state index is 0.232. The van der Waals surface area contributed by atoms with Crippen LogP contribution in [0.4, 0.5) is 0 Å². The Bertz CT molecular complexity index is 1270. The number of carbonyl (C=O) groups is 1. The molecule has 226 valence electrons. The fraction of sp³-hybridized carbons (Fsp3) is 0.375. The van der Waals surface area contributed by atoms with Gasteiger partial charge in [0.15, 0.2) is 0 Å². The third kappa shape index (κ3) is 9.83. The average molecular weight is 682 g/mol. The zero-order chi connectivity index (χ0) is 31.7. The second-order valence-corrected chi connectivity index (χ2v) is 21.6. The molecule has 0 unspecified atom stereocenters. The predicted octanol–water partition coefficient (Wildman–Crippen LogP) is 9.13. The van der Waals surface area contributed by atoms with Gasteiger partial charge in [0.05, 0.1) is 5.97 Å². The summed E-state index contributed by atoms with van der Waals surface area (Å²) < 4.78 is 4.14. The van der Waals surface area contributed by atoms with Crippen LogP contribution >= 0.6 is 0 Å². The van der Waals surface area contributed by atoms with Crippen LogP contribution in [0.2, 0.25) is 13.3 Å². The molecule has 43 heavy (non-hydrogen) atoms. The Balaban J connectivity index is 0.000000353. The molecule has 0 N–H and O–H groups in total. The van der Waals surface area contributed by atoms with Gasteiger partial charge >= 0.3 is 199 Å². The van der Waals surface area contributed by atoms with Crippen molar-refractivity contribution in [3.63, 3.8) is 0 Å². The molecule has 2 nitrogen and oxygen atoms in total. The van der Waals surface area contributed by atoms with Crippen LogP contribution in [0.15, 0.2) is 121 Å². The monoisotopic (exact) mass is 682 g/mol. The third-order valence-electron chi connectivity index (χ3n) is 8.75. The van der Waals surface area contributed by atoms with Gasteiger partial charge in [0, 0.05) is 5.41 Å². The molecule has 0 aliphatic heterocycles. The molecule has 0 spiro atoms. The SMILES string of the molecule is CC(C)(C(=O)[O-])c1ccccc1.CC(C)([CH2][Sn+]([CH2]C(C)(C)c1ccccc1)[CH2]C(C)(C)c1ccccc1)c1ccccc1. The van der Waals surface area contributed by atoms with Crippen LogP contribution in [0, 0.1) is 0 Å². The van der Waals surface area contributed by atoms with Crippen LogP contribution in [-0.4, -0.2) is 25.7 Å². The molecular weight excluding hydrogens is 631 g/mol. The summed E-state index contributed by atoms with van der Waals surface area (Å²) in [5.41, 5.74) is 5.03. The molecule has 0 radical (unpaired) electrons. The van der Waals surface area contributed by atoms with Crippen molar-refractivity contribution in [1.29, 1.82) is 0 Å². The predicted molar refractivity (Wildman–Crippen MR) is 183 cm³/mol. The standard InChI is InChI=1S/C10H12O2.3C10H13.Sn/c1-10(2,9(11)12)8-6-4-3-5-7-8;3*1-10(2,3)9-7-5-4-6-8-9;/h3-7H,1-2H3,(H,11,12);3*4-8H,1H2,2-3H3;/q;;;;+1/p-1. The van der Waals surface area contributed by atoms with E-state index in [0.717, 1.165) is 5.56 Å². The summed E-state index contributed by atoms with van der Waals surface area (Å²) in [6.07, 6.45) is 0. The van der Waals surface area contributed by atoms with Crippen molar-refractivity contribution in [2.24, 2.45) is 0 Å². The number of aliphatic carboxylic acids is 1. The zero-order valence-electron chi connectivity index (χ0n) is 27.5. The molecular formula is C40H50O2Sn. The van der Waals surface area contributed by atoms with Crippen LogP contribution in [0.25, 0.3) is 0 Å². The summed E-state index contributed by atoms with van der Waals surface area (Å²) in [6, 6.07) is 42.6. The normalized spacial score (nSPS) is 12.2. The van der Waals surface area contributed by atoms with Crippen molar-refractivity contribution in [3.05, 3.63) is 144 Å². The van der Waals surface area contributed by atoms with Crippen LogP contribution in [0.3, 0.4) is 0 Å². The molecule has 3 heteroatoms. The first-order chi connectivity index (χ1) is 20.1. The van der Waals surface area contributed by atoms with E-state index in [-0.39, 0.29) is 16.2 Å². The van der Waals surface area contributed by atoms with E-state index in [9.17, 15) is 9.90 Å². The van der Waals surface area contributed by atoms with Gasteiger partial charge in [0.25, 0.3) is 0 Å². The van der Waals surface area contributed by atoms with E-state index in [1.54, 1.807) is 26.0 Å². The number of hydrogen-bond acceptors (Lipinski definition) is 2. The zero-order valence-corrected chi connectivity index (χ0v) is 30.3. The first-order valence-electron chi connectivity index (χ1n) is 15.4. The fourth-order valence-corrected chi connectivity index (χ4v) is 19.5. The summed E-state index contributed by atoms with van der Waals surface area (Å²) in [4.78, 5) is 10.7. The molecule has 0 fully saturated rings. The van der Waals surface area contributed by atoms with Crippen LogP contribution in [0.5, 0.6) is 0 Å². The fourth-order valence-electron chi connectivity index (χ4n) is 6.01. The Labute approximate surface area is 268 Å². The molecule has 0 saturated heterocycles. The average Bonchev–Trinajstić information content (AvgIpc) is 2.98. The van der Waals surface area contributed by atoms with E-state index in [0.29, 0.717) is 0 Å². The Kier molecular flexibility index (Phi) is 11.9. The quantitative estimate of drug-likeness (QED) is 0.148. The van der Waals surface area contributed by atoms with Crippen molar-refractivity contribution < 1.29 is 9.90 Å². The van der Waals surface area contributed by atoms with Gasteiger partial charge in [-0.15, -0.1) is 0 Å². The second-order valence-electron chi connectivity index (χ2n) is 14.3. The van der Waals surface area contributed by atoms with Crippen LogP contribution in [0.1, 0.15) is 77.6 Å². The Morgan fingerprint density at radius 1 is 0.465 bits per heavy atom. The summed E-state index contributed by atoms with van der Waals surface area (Å²) >= 11 is -1.84. The number of carboxylic acid groups (broad SMARTS) is 1. The Morgan fingerprint density at radius 2 is 0.698 bits per heavy atom. The van der Waals surface area contributed by atoms with Gasteiger partial charge in [-0.1, -0.05) is 44.2 Å². The summed E-state index contributed by atoms with van der Waals surface area (Å²) in [5.74, 6) is -1.05. The van der Waals surface area contributed by atoms with Crippen molar-refractivity contribution in [2.75, 3.05) is 0 Å². The molecule has 0 heterocycles. The van der Waals surface area contributed by atoms with Gasteiger partial charge < -0.3 is 9.90 Å².